The molecule has 72 valence electrons. The van der Waals surface area contributed by atoms with Crippen molar-refractivity contribution in [2.24, 2.45) is 5.73 Å². The zero-order valence-corrected chi connectivity index (χ0v) is 8.33. The zero-order valence-electron chi connectivity index (χ0n) is 7.51. The first-order valence-electron chi connectivity index (χ1n) is 3.57. The summed E-state index contributed by atoms with van der Waals surface area (Å²) in [6.07, 6.45) is 0. The Kier molecular flexibility index (Phi) is 3.23. The maximum absolute atomic E-state index is 11.1. The number of amidine groups is 1. The highest BCUT2D eigenvalue weighted by molar-refractivity contribution is 7.89. The summed E-state index contributed by atoms with van der Waals surface area (Å²) < 4.78 is 24.4. The highest BCUT2D eigenvalue weighted by Gasteiger charge is 2.26. The lowest BCUT2D eigenvalue weighted by Gasteiger charge is -2.23. The molecular weight excluding hydrogens is 178 g/mol. The Labute approximate surface area is 72.9 Å². The van der Waals surface area contributed by atoms with Crippen molar-refractivity contribution in [1.29, 1.82) is 5.41 Å². The second-order valence-corrected chi connectivity index (χ2v) is 5.06. The van der Waals surface area contributed by atoms with E-state index in [0.717, 1.165) is 0 Å². The molecule has 0 atom stereocenters. The van der Waals surface area contributed by atoms with Crippen molar-refractivity contribution in [1.82, 2.24) is 4.72 Å². The van der Waals surface area contributed by atoms with E-state index in [1.807, 2.05) is 0 Å². The van der Waals surface area contributed by atoms with Crippen LogP contribution in [0.4, 0.5) is 0 Å². The molecule has 0 amide bonds. The molecule has 0 aromatic heterocycles. The number of rotatable bonds is 4. The van der Waals surface area contributed by atoms with Crippen LogP contribution in [0.15, 0.2) is 0 Å². The minimum absolute atomic E-state index is 0.0102. The Bertz CT molecular complexity index is 269. The summed E-state index contributed by atoms with van der Waals surface area (Å²) in [7, 11) is -3.29. The maximum Gasteiger partial charge on any atom is 0.212 e. The first-order chi connectivity index (χ1) is 5.21. The summed E-state index contributed by atoms with van der Waals surface area (Å²) in [5.41, 5.74) is 4.20. The molecule has 0 aromatic rings. The Hall–Kier alpha value is -0.620. The average molecular weight is 193 g/mol. The lowest BCUT2D eigenvalue weighted by atomic mass is 10.1. The fourth-order valence-corrected chi connectivity index (χ4v) is 1.55. The summed E-state index contributed by atoms with van der Waals surface area (Å²) in [6, 6.07) is 0. The van der Waals surface area contributed by atoms with Gasteiger partial charge in [-0.1, -0.05) is 0 Å². The van der Waals surface area contributed by atoms with Gasteiger partial charge in [-0.3, -0.25) is 5.41 Å². The summed E-state index contributed by atoms with van der Waals surface area (Å²) in [5.74, 6) is -0.205. The minimum atomic E-state index is -3.29. The number of nitrogens with one attached hydrogen (secondary N) is 2. The van der Waals surface area contributed by atoms with Gasteiger partial charge >= 0.3 is 0 Å². The molecule has 0 unspecified atom stereocenters. The molecule has 5 nitrogen and oxygen atoms in total. The van der Waals surface area contributed by atoms with E-state index in [2.05, 4.69) is 4.72 Å². The molecule has 12 heavy (non-hydrogen) atoms. The fourth-order valence-electron chi connectivity index (χ4n) is 0.516. The highest BCUT2D eigenvalue weighted by Crippen LogP contribution is 2.03. The number of hydrogen-bond acceptors (Lipinski definition) is 3. The second kappa shape index (κ2) is 3.40. The second-order valence-electron chi connectivity index (χ2n) is 3.04. The predicted octanol–water partition coefficient (Wildman–Crippen LogP) is -0.360. The Morgan fingerprint density at radius 3 is 2.25 bits per heavy atom. The molecular formula is C6H15N3O2S. The van der Waals surface area contributed by atoms with E-state index in [4.69, 9.17) is 11.1 Å². The third-order valence-electron chi connectivity index (χ3n) is 1.46. The lowest BCUT2D eigenvalue weighted by molar-refractivity contribution is 0.543. The normalized spacial score (nSPS) is 12.9. The summed E-state index contributed by atoms with van der Waals surface area (Å²) in [4.78, 5) is 0. The zero-order chi connectivity index (χ0) is 9.99. The predicted molar refractivity (Wildman–Crippen MR) is 48.6 cm³/mol. The monoisotopic (exact) mass is 193 g/mol. The molecule has 0 spiro atoms. The maximum atomic E-state index is 11.1. The largest absolute Gasteiger partial charge is 0.386 e. The van der Waals surface area contributed by atoms with Gasteiger partial charge in [0, 0.05) is 0 Å². The number of hydrogen-bond donors (Lipinski definition) is 3. The summed E-state index contributed by atoms with van der Waals surface area (Å²) in [6.45, 7) is 4.61. The van der Waals surface area contributed by atoms with E-state index < -0.39 is 15.6 Å². The van der Waals surface area contributed by atoms with E-state index in [1.165, 1.54) is 6.92 Å². The lowest BCUT2D eigenvalue weighted by Crippen LogP contribution is -2.52. The fraction of sp³-hybridized carbons (Fsp3) is 0.833. The van der Waals surface area contributed by atoms with E-state index in [0.29, 0.717) is 0 Å². The van der Waals surface area contributed by atoms with Crippen LogP contribution in [0.2, 0.25) is 0 Å². The third-order valence-corrected chi connectivity index (χ3v) is 3.05. The van der Waals surface area contributed by atoms with Gasteiger partial charge in [0.15, 0.2) is 0 Å². The van der Waals surface area contributed by atoms with Gasteiger partial charge in [0.2, 0.25) is 10.0 Å². The first-order valence-corrected chi connectivity index (χ1v) is 5.22. The van der Waals surface area contributed by atoms with Crippen molar-refractivity contribution in [2.45, 2.75) is 26.3 Å². The van der Waals surface area contributed by atoms with Crippen LogP contribution in [-0.4, -0.2) is 25.5 Å². The molecule has 6 heteroatoms. The molecule has 0 saturated carbocycles. The van der Waals surface area contributed by atoms with E-state index in [-0.39, 0.29) is 11.6 Å². The topological polar surface area (TPSA) is 96.0 Å². The average Bonchev–Trinajstić information content (AvgIpc) is 1.85. The van der Waals surface area contributed by atoms with Crippen LogP contribution in [0.1, 0.15) is 20.8 Å². The van der Waals surface area contributed by atoms with Crippen molar-refractivity contribution in [3.8, 4) is 0 Å². The molecule has 0 aliphatic carbocycles. The smallest absolute Gasteiger partial charge is 0.212 e. The van der Waals surface area contributed by atoms with Gasteiger partial charge in [0.1, 0.15) is 5.84 Å². The molecule has 0 radical (unpaired) electrons. The van der Waals surface area contributed by atoms with Gasteiger partial charge in [-0.15, -0.1) is 0 Å². The number of sulfonamides is 1. The van der Waals surface area contributed by atoms with Gasteiger partial charge in [-0.05, 0) is 20.8 Å². The van der Waals surface area contributed by atoms with E-state index >= 15 is 0 Å². The van der Waals surface area contributed by atoms with Crippen LogP contribution in [0.25, 0.3) is 0 Å². The van der Waals surface area contributed by atoms with Crippen molar-refractivity contribution < 1.29 is 8.42 Å². The standard InChI is InChI=1S/C6H15N3O2S/c1-4-12(10,11)9-6(2,3)5(7)8/h9H,4H2,1-3H3,(H3,7,8). The van der Waals surface area contributed by atoms with Gasteiger partial charge in [0.25, 0.3) is 0 Å². The van der Waals surface area contributed by atoms with Crippen LogP contribution in [-0.2, 0) is 10.0 Å². The van der Waals surface area contributed by atoms with Crippen LogP contribution in [0.5, 0.6) is 0 Å². The molecule has 0 fully saturated rings. The van der Waals surface area contributed by atoms with Crippen molar-refractivity contribution in [3.63, 3.8) is 0 Å². The van der Waals surface area contributed by atoms with E-state index in [1.54, 1.807) is 13.8 Å². The number of nitrogens with two attached hydrogens (primary N) is 1. The Morgan fingerprint density at radius 2 is 2.00 bits per heavy atom. The van der Waals surface area contributed by atoms with Gasteiger partial charge in [0.05, 0.1) is 11.3 Å². The SMILES string of the molecule is CCS(=O)(=O)NC(C)(C)C(=N)N. The molecule has 0 rings (SSSR count). The molecule has 0 bridgehead atoms. The van der Waals surface area contributed by atoms with Crippen LogP contribution >= 0.6 is 0 Å². The molecule has 0 saturated heterocycles. The molecule has 0 aromatic carbocycles. The van der Waals surface area contributed by atoms with Crippen LogP contribution in [0.3, 0.4) is 0 Å². The van der Waals surface area contributed by atoms with E-state index in [9.17, 15) is 8.42 Å². The van der Waals surface area contributed by atoms with Gasteiger partial charge in [-0.2, -0.15) is 0 Å². The van der Waals surface area contributed by atoms with Crippen LogP contribution in [0, 0.1) is 5.41 Å². The van der Waals surface area contributed by atoms with Crippen molar-refractivity contribution in [2.75, 3.05) is 5.75 Å². The van der Waals surface area contributed by atoms with Crippen molar-refractivity contribution >= 4 is 15.9 Å². The molecule has 0 aliphatic rings. The van der Waals surface area contributed by atoms with Gasteiger partial charge in [-0.25, -0.2) is 13.1 Å². The summed E-state index contributed by atoms with van der Waals surface area (Å²) in [5, 5.41) is 7.10. The summed E-state index contributed by atoms with van der Waals surface area (Å²) >= 11 is 0. The first kappa shape index (κ1) is 11.4. The third kappa shape index (κ3) is 3.19. The quantitative estimate of drug-likeness (QED) is 0.420. The van der Waals surface area contributed by atoms with Gasteiger partial charge < -0.3 is 5.73 Å². The molecule has 4 N–H and O–H groups in total. The Morgan fingerprint density at radius 1 is 1.58 bits per heavy atom. The van der Waals surface area contributed by atoms with Crippen LogP contribution < -0.4 is 10.5 Å². The highest BCUT2D eigenvalue weighted by atomic mass is 32.2. The molecule has 0 aliphatic heterocycles. The van der Waals surface area contributed by atoms with Crippen molar-refractivity contribution in [3.05, 3.63) is 0 Å². The Balaban J connectivity index is 4.57. The molecule has 0 heterocycles. The minimum Gasteiger partial charge on any atom is -0.386 e.